The maximum atomic E-state index is 12.2. The van der Waals surface area contributed by atoms with Crippen molar-refractivity contribution in [3.05, 3.63) is 40.1 Å². The van der Waals surface area contributed by atoms with Gasteiger partial charge in [-0.15, -0.1) is 0 Å². The molecule has 3 heterocycles. The summed E-state index contributed by atoms with van der Waals surface area (Å²) >= 11 is 1.55. The Balaban J connectivity index is 2.30. The molecule has 2 nitrogen and oxygen atoms in total. The first kappa shape index (κ1) is 6.60. The highest BCUT2D eigenvalue weighted by Crippen LogP contribution is 2.45. The zero-order valence-electron chi connectivity index (χ0n) is 6.36. The molecule has 2 aliphatic rings. The third-order valence-electron chi connectivity index (χ3n) is 2.37. The monoisotopic (exact) mass is 177 g/mol. The van der Waals surface area contributed by atoms with Crippen LogP contribution < -0.4 is 4.65 Å². The van der Waals surface area contributed by atoms with Crippen LogP contribution in [0.15, 0.2) is 29.3 Å². The number of nitrogens with zero attached hydrogens (tertiary/aromatic N) is 1. The summed E-state index contributed by atoms with van der Waals surface area (Å²) < 4.78 is -0.243. The van der Waals surface area contributed by atoms with Gasteiger partial charge in [-0.25, -0.2) is 0 Å². The number of allylic oxidation sites excluding steroid dienone is 1. The molecule has 0 aliphatic carbocycles. The molecule has 12 heavy (non-hydrogen) atoms. The standard InChI is InChI=1S/C9H7NOS/c11-10-4-1-2-8(10)6-7-3-5-12-9(7)10/h1-3,5-6H,4H2. The Bertz CT molecular complexity index is 404. The van der Waals surface area contributed by atoms with Crippen molar-refractivity contribution in [1.82, 2.24) is 4.65 Å². The summed E-state index contributed by atoms with van der Waals surface area (Å²) in [5.41, 5.74) is 1.99. The van der Waals surface area contributed by atoms with Gasteiger partial charge in [-0.2, -0.15) is 0 Å². The predicted octanol–water partition coefficient (Wildman–Crippen LogP) is 2.48. The van der Waals surface area contributed by atoms with Crippen LogP contribution in [-0.4, -0.2) is 6.54 Å². The molecule has 0 saturated carbocycles. The number of hydroxylamine groups is 2. The van der Waals surface area contributed by atoms with Crippen LogP contribution in [0.1, 0.15) is 5.56 Å². The third kappa shape index (κ3) is 0.579. The lowest BCUT2D eigenvalue weighted by molar-refractivity contribution is 0.559. The molecule has 0 radical (unpaired) electrons. The van der Waals surface area contributed by atoms with Crippen LogP contribution in [0.4, 0.5) is 5.00 Å². The van der Waals surface area contributed by atoms with E-state index in [1.54, 1.807) is 11.3 Å². The van der Waals surface area contributed by atoms with Crippen molar-refractivity contribution in [2.45, 2.75) is 0 Å². The Morgan fingerprint density at radius 2 is 2.42 bits per heavy atom. The van der Waals surface area contributed by atoms with Gasteiger partial charge >= 0.3 is 0 Å². The highest BCUT2D eigenvalue weighted by molar-refractivity contribution is 7.14. The van der Waals surface area contributed by atoms with Crippen LogP contribution >= 0.6 is 11.3 Å². The van der Waals surface area contributed by atoms with Crippen molar-refractivity contribution >= 4 is 22.4 Å². The highest BCUT2D eigenvalue weighted by atomic mass is 32.1. The van der Waals surface area contributed by atoms with E-state index >= 15 is 0 Å². The number of hydrogen-bond acceptors (Lipinski definition) is 2. The lowest BCUT2D eigenvalue weighted by Gasteiger charge is -2.34. The molecule has 0 amide bonds. The van der Waals surface area contributed by atoms with Crippen LogP contribution in [0.25, 0.3) is 6.08 Å². The van der Waals surface area contributed by atoms with E-state index in [1.807, 2.05) is 29.7 Å². The van der Waals surface area contributed by atoms with E-state index in [4.69, 9.17) is 0 Å². The molecule has 0 spiro atoms. The number of hydrogen-bond donors (Lipinski definition) is 0. The van der Waals surface area contributed by atoms with E-state index < -0.39 is 0 Å². The molecule has 0 bridgehead atoms. The van der Waals surface area contributed by atoms with Crippen LogP contribution in [0.5, 0.6) is 0 Å². The molecule has 3 rings (SSSR count). The molecular weight excluding hydrogens is 170 g/mol. The first-order valence-corrected chi connectivity index (χ1v) is 4.75. The molecule has 0 saturated heterocycles. The van der Waals surface area contributed by atoms with Crippen LogP contribution in [-0.2, 0) is 0 Å². The van der Waals surface area contributed by atoms with Gasteiger partial charge in [0, 0.05) is 12.2 Å². The smallest absolute Gasteiger partial charge is 0.201 e. The van der Waals surface area contributed by atoms with Gasteiger partial charge < -0.3 is 5.21 Å². The summed E-state index contributed by atoms with van der Waals surface area (Å²) in [6.45, 7) is 0.569. The summed E-state index contributed by atoms with van der Waals surface area (Å²) in [5.74, 6) is 0. The van der Waals surface area contributed by atoms with Gasteiger partial charge in [0.25, 0.3) is 0 Å². The third-order valence-corrected chi connectivity index (χ3v) is 3.40. The fourth-order valence-electron chi connectivity index (χ4n) is 1.77. The SMILES string of the molecule is [O-][N+]12CC=CC1=Cc1ccsc12. The lowest BCUT2D eigenvalue weighted by Crippen LogP contribution is -2.35. The molecule has 1 aromatic rings. The van der Waals surface area contributed by atoms with Crippen molar-refractivity contribution < 1.29 is 0 Å². The van der Waals surface area contributed by atoms with Gasteiger partial charge in [0.1, 0.15) is 12.2 Å². The van der Waals surface area contributed by atoms with E-state index in [9.17, 15) is 5.21 Å². The van der Waals surface area contributed by atoms with Gasteiger partial charge in [0.05, 0.1) is 5.56 Å². The molecule has 1 aromatic heterocycles. The van der Waals surface area contributed by atoms with E-state index in [0.717, 1.165) is 16.3 Å². The van der Waals surface area contributed by atoms with E-state index in [-0.39, 0.29) is 4.65 Å². The summed E-state index contributed by atoms with van der Waals surface area (Å²) in [7, 11) is 0. The molecular formula is C9H7NOS. The fourth-order valence-corrected chi connectivity index (χ4v) is 2.73. The number of thiophene rings is 1. The molecule has 60 valence electrons. The van der Waals surface area contributed by atoms with Gasteiger partial charge in [0.15, 0.2) is 0 Å². The van der Waals surface area contributed by atoms with Crippen molar-refractivity contribution in [2.24, 2.45) is 0 Å². The second kappa shape index (κ2) is 1.88. The highest BCUT2D eigenvalue weighted by Gasteiger charge is 2.36. The fraction of sp³-hybridized carbons (Fsp3) is 0.111. The Kier molecular flexibility index (Phi) is 1.03. The summed E-state index contributed by atoms with van der Waals surface area (Å²) in [5, 5.41) is 15.1. The average Bonchev–Trinajstić information content (AvgIpc) is 2.62. The molecule has 1 unspecified atom stereocenters. The van der Waals surface area contributed by atoms with Crippen LogP contribution in [0.2, 0.25) is 0 Å². The Morgan fingerprint density at radius 3 is 3.33 bits per heavy atom. The summed E-state index contributed by atoms with van der Waals surface area (Å²) in [4.78, 5) is 0. The Labute approximate surface area is 74.2 Å². The normalized spacial score (nSPS) is 30.2. The molecule has 1 atom stereocenters. The van der Waals surface area contributed by atoms with Crippen molar-refractivity contribution in [3.63, 3.8) is 0 Å². The molecule has 2 aliphatic heterocycles. The molecule has 3 heteroatoms. The number of quaternary nitrogens is 1. The zero-order valence-corrected chi connectivity index (χ0v) is 7.17. The first-order chi connectivity index (χ1) is 5.81. The second-order valence-electron chi connectivity index (χ2n) is 3.07. The largest absolute Gasteiger partial charge is 0.621 e. The first-order valence-electron chi connectivity index (χ1n) is 3.87. The molecule has 0 fully saturated rings. The lowest BCUT2D eigenvalue weighted by atomic mass is 10.3. The maximum absolute atomic E-state index is 12.2. The summed E-state index contributed by atoms with van der Waals surface area (Å²) in [6, 6.07) is 2.01. The van der Waals surface area contributed by atoms with E-state index in [2.05, 4.69) is 0 Å². The van der Waals surface area contributed by atoms with Gasteiger partial charge in [-0.1, -0.05) is 11.3 Å². The quantitative estimate of drug-likeness (QED) is 0.441. The second-order valence-corrected chi connectivity index (χ2v) is 3.97. The van der Waals surface area contributed by atoms with E-state index in [0.29, 0.717) is 6.54 Å². The Hall–Kier alpha value is -0.900. The minimum absolute atomic E-state index is 0.243. The minimum Gasteiger partial charge on any atom is -0.621 e. The Morgan fingerprint density at radius 1 is 1.50 bits per heavy atom. The van der Waals surface area contributed by atoms with E-state index in [1.165, 1.54) is 0 Å². The van der Waals surface area contributed by atoms with Crippen molar-refractivity contribution in [2.75, 3.05) is 6.54 Å². The van der Waals surface area contributed by atoms with Gasteiger partial charge in [-0.3, -0.25) is 4.65 Å². The van der Waals surface area contributed by atoms with Gasteiger partial charge in [-0.05, 0) is 17.5 Å². The topological polar surface area (TPSA) is 23.1 Å². The predicted molar refractivity (Wildman–Crippen MR) is 51.5 cm³/mol. The van der Waals surface area contributed by atoms with Crippen LogP contribution in [0.3, 0.4) is 0 Å². The molecule has 0 aromatic carbocycles. The maximum Gasteiger partial charge on any atom is 0.201 e. The van der Waals surface area contributed by atoms with Crippen molar-refractivity contribution in [1.29, 1.82) is 0 Å². The van der Waals surface area contributed by atoms with Crippen molar-refractivity contribution in [3.8, 4) is 0 Å². The zero-order chi connectivity index (χ0) is 8.18. The summed E-state index contributed by atoms with van der Waals surface area (Å²) in [6.07, 6.45) is 5.86. The number of fused-ring (bicyclic) bond motifs is 3. The number of rotatable bonds is 0. The molecule has 0 N–H and O–H groups in total. The van der Waals surface area contributed by atoms with Crippen LogP contribution in [0, 0.1) is 5.21 Å². The average molecular weight is 177 g/mol. The minimum atomic E-state index is -0.243. The van der Waals surface area contributed by atoms with Gasteiger partial charge in [0.2, 0.25) is 5.00 Å².